The molecule has 0 fully saturated rings. The predicted molar refractivity (Wildman–Crippen MR) is 319 cm³/mol. The number of hydrogen-bond acceptors (Lipinski definition) is 16. The Kier molecular flexibility index (Phi) is 25.9. The van der Waals surface area contributed by atoms with Gasteiger partial charge in [-0.05, 0) is 78.3 Å². The Morgan fingerprint density at radius 3 is 1.58 bits per heavy atom. The van der Waals surface area contributed by atoms with E-state index in [4.69, 9.17) is 5.73 Å². The molecule has 0 aliphatic rings. The SMILES string of the molecule is C.C.CCC(C)C(NC(=O)C(CS)NC(C)=O)C(=O)NC(Cc1ccc(O)cc1)C(=O)NC(CCCCNC(=O)Cn1nc(-c2ccccc2)c2c(N)ncnc21)C(=O)NC(Cc1ccc(O)cc1)C(=O)NC(Cc1ccc(O)cc1)C(=O)O. The number of rotatable bonds is 29. The molecule has 2 heterocycles. The lowest BCUT2D eigenvalue weighted by Gasteiger charge is -2.29. The molecule has 6 aromatic rings. The van der Waals surface area contributed by atoms with Gasteiger partial charge in [-0.2, -0.15) is 17.7 Å². The summed E-state index contributed by atoms with van der Waals surface area (Å²) in [5.41, 5.74) is 9.19. The number of fused-ring (bicyclic) bond motifs is 1. The van der Waals surface area contributed by atoms with Gasteiger partial charge in [-0.25, -0.2) is 19.4 Å². The van der Waals surface area contributed by atoms with Crippen LogP contribution in [0.2, 0.25) is 0 Å². The van der Waals surface area contributed by atoms with Gasteiger partial charge in [0.05, 0.1) is 5.39 Å². The summed E-state index contributed by atoms with van der Waals surface area (Å²) in [6, 6.07) is 18.2. The number of aromatic hydroxyl groups is 3. The number of aliphatic carboxylic acids is 1. The van der Waals surface area contributed by atoms with E-state index in [-0.39, 0.29) is 95.3 Å². The molecule has 84 heavy (non-hydrogen) atoms. The fraction of sp³-hybridized carbons (Fsp3) is 0.373. The minimum Gasteiger partial charge on any atom is -0.508 e. The maximum Gasteiger partial charge on any atom is 0.326 e. The zero-order chi connectivity index (χ0) is 59.5. The third-order valence-electron chi connectivity index (χ3n) is 13.5. The van der Waals surface area contributed by atoms with Crippen molar-refractivity contribution in [2.75, 3.05) is 18.0 Å². The largest absolute Gasteiger partial charge is 0.508 e. The Morgan fingerprint density at radius 2 is 1.08 bits per heavy atom. The number of benzene rings is 4. The number of hydrogen-bond donors (Lipinski definition) is 13. The lowest BCUT2D eigenvalue weighted by atomic mass is 9.96. The molecule has 0 saturated carbocycles. The van der Waals surface area contributed by atoms with Gasteiger partial charge < -0.3 is 63.4 Å². The fourth-order valence-electron chi connectivity index (χ4n) is 8.80. The Hall–Kier alpha value is -9.26. The molecule has 0 bridgehead atoms. The standard InChI is InChI=1S/C57H68N12O12S.2CH4/c1-4-32(2)48(67-55(78)45(30-82)62-33(3)70)56(79)65-43(27-35-15-21-39(72)22-16-35)53(76)63-41(12-8-9-25-59-46(74)29-69-51-47(50(58)60-31-61-51)49(68-69)37-10-6-5-7-11-37)52(75)64-42(26-34-13-19-38(71)20-14-34)54(77)66-44(57(80)81)28-36-17-23-40(73)24-18-36;;/h5-7,10-11,13-24,31-32,41-45,48,71-73,82H,4,8-9,12,25-30H2,1-3H3,(H,59,74)(H,62,70)(H,63,76)(H,64,75)(H,65,79)(H,66,77)(H,67,78)(H,80,81)(H2,58,60,61);2*1H4. The minimum atomic E-state index is -1.51. The number of carboxylic acids is 1. The molecular formula is C59H76N12O12S. The summed E-state index contributed by atoms with van der Waals surface area (Å²) in [4.78, 5) is 118. The van der Waals surface area contributed by atoms with Crippen LogP contribution in [0.5, 0.6) is 17.2 Å². The number of phenolic OH excluding ortho intramolecular Hbond substituents is 3. The number of amides is 7. The van der Waals surface area contributed by atoms with Crippen molar-refractivity contribution in [3.05, 3.63) is 126 Å². The number of carbonyl (C=O) groups excluding carboxylic acids is 7. The Morgan fingerprint density at radius 1 is 0.607 bits per heavy atom. The van der Waals surface area contributed by atoms with Crippen LogP contribution in [0.25, 0.3) is 22.3 Å². The predicted octanol–water partition coefficient (Wildman–Crippen LogP) is 3.47. The average Bonchev–Trinajstić information content (AvgIpc) is 2.61. The number of phenols is 3. The summed E-state index contributed by atoms with van der Waals surface area (Å²) in [5, 5.41) is 64.0. The third kappa shape index (κ3) is 19.4. The van der Waals surface area contributed by atoms with Gasteiger partial charge in [-0.15, -0.1) is 0 Å². The molecule has 7 atom stereocenters. The molecule has 0 spiro atoms. The molecule has 7 unspecified atom stereocenters. The van der Waals surface area contributed by atoms with E-state index in [0.717, 1.165) is 5.56 Å². The van der Waals surface area contributed by atoms with Crippen LogP contribution in [0.4, 0.5) is 5.82 Å². The second-order valence-electron chi connectivity index (χ2n) is 19.7. The van der Waals surface area contributed by atoms with Crippen molar-refractivity contribution in [1.29, 1.82) is 0 Å². The van der Waals surface area contributed by atoms with Crippen molar-refractivity contribution in [1.82, 2.24) is 57.0 Å². The maximum atomic E-state index is 14.8. The molecule has 450 valence electrons. The Bertz CT molecular complexity index is 3190. The molecule has 4 aromatic carbocycles. The molecule has 24 nitrogen and oxygen atoms in total. The van der Waals surface area contributed by atoms with E-state index >= 15 is 0 Å². The van der Waals surface area contributed by atoms with Crippen molar-refractivity contribution in [3.63, 3.8) is 0 Å². The summed E-state index contributed by atoms with van der Waals surface area (Å²) in [5.74, 6) is -7.13. The normalized spacial score (nSPS) is 13.3. The number of nitrogens with zero attached hydrogens (tertiary/aromatic N) is 4. The molecule has 6 rings (SSSR count). The summed E-state index contributed by atoms with van der Waals surface area (Å²) >= 11 is 4.19. The number of thiol groups is 1. The van der Waals surface area contributed by atoms with Gasteiger partial charge in [0.15, 0.2) is 5.65 Å². The van der Waals surface area contributed by atoms with Crippen molar-refractivity contribution in [3.8, 4) is 28.5 Å². The molecule has 0 saturated heterocycles. The van der Waals surface area contributed by atoms with Crippen LogP contribution in [-0.4, -0.2) is 136 Å². The first kappa shape index (κ1) is 67.2. The Balaban J connectivity index is 0.00000757. The third-order valence-corrected chi connectivity index (χ3v) is 13.8. The first-order valence-corrected chi connectivity index (χ1v) is 27.1. The summed E-state index contributed by atoms with van der Waals surface area (Å²) in [6.07, 6.45) is 1.37. The van der Waals surface area contributed by atoms with E-state index in [1.54, 1.807) is 13.8 Å². The summed E-state index contributed by atoms with van der Waals surface area (Å²) in [7, 11) is 0. The van der Waals surface area contributed by atoms with Gasteiger partial charge in [-0.1, -0.05) is 102 Å². The zero-order valence-corrected chi connectivity index (χ0v) is 46.3. The Labute approximate surface area is 492 Å². The van der Waals surface area contributed by atoms with Gasteiger partial charge in [0.2, 0.25) is 41.4 Å². The lowest BCUT2D eigenvalue weighted by Crippen LogP contribution is -2.61. The van der Waals surface area contributed by atoms with Crippen LogP contribution in [0.1, 0.15) is 78.0 Å². The highest BCUT2D eigenvalue weighted by atomic mass is 32.1. The molecule has 7 amide bonds. The highest BCUT2D eigenvalue weighted by molar-refractivity contribution is 7.80. The second kappa shape index (κ2) is 32.4. The van der Waals surface area contributed by atoms with Gasteiger partial charge in [0.25, 0.3) is 0 Å². The summed E-state index contributed by atoms with van der Waals surface area (Å²) in [6.45, 7) is 4.56. The van der Waals surface area contributed by atoms with Crippen molar-refractivity contribution >= 4 is 76.8 Å². The zero-order valence-electron chi connectivity index (χ0n) is 45.4. The number of anilines is 1. The number of nitrogen functional groups attached to an aromatic ring is 1. The van der Waals surface area contributed by atoms with Crippen LogP contribution in [0.15, 0.2) is 109 Å². The van der Waals surface area contributed by atoms with Gasteiger partial charge in [-0.3, -0.25) is 33.6 Å². The van der Waals surface area contributed by atoms with Crippen LogP contribution in [-0.2, 0) is 64.2 Å². The van der Waals surface area contributed by atoms with Crippen LogP contribution >= 0.6 is 12.6 Å². The number of aromatic nitrogens is 4. The van der Waals surface area contributed by atoms with Gasteiger partial charge in [0.1, 0.15) is 77.9 Å². The van der Waals surface area contributed by atoms with E-state index in [9.17, 15) is 58.8 Å². The first-order chi connectivity index (χ1) is 39.2. The maximum absolute atomic E-state index is 14.8. The van der Waals surface area contributed by atoms with Crippen molar-refractivity contribution < 1.29 is 58.8 Å². The molecule has 0 aliphatic carbocycles. The molecule has 25 heteroatoms. The topological polar surface area (TPSA) is 371 Å². The molecule has 13 N–H and O–H groups in total. The first-order valence-electron chi connectivity index (χ1n) is 26.5. The van der Waals surface area contributed by atoms with Gasteiger partial charge >= 0.3 is 5.97 Å². The highest BCUT2D eigenvalue weighted by Crippen LogP contribution is 2.30. The van der Waals surface area contributed by atoms with Crippen molar-refractivity contribution in [2.24, 2.45) is 5.92 Å². The van der Waals surface area contributed by atoms with E-state index in [1.165, 1.54) is 90.7 Å². The van der Waals surface area contributed by atoms with Crippen LogP contribution < -0.4 is 43.0 Å². The smallest absolute Gasteiger partial charge is 0.326 e. The summed E-state index contributed by atoms with van der Waals surface area (Å²) < 4.78 is 1.41. The monoisotopic (exact) mass is 1180 g/mol. The number of unbranched alkanes of at least 4 members (excludes halogenated alkanes) is 1. The van der Waals surface area contributed by atoms with Gasteiger partial charge in [0, 0.05) is 44.0 Å². The number of nitrogens with one attached hydrogen (secondary N) is 7. The molecule has 2 aromatic heterocycles. The lowest BCUT2D eigenvalue weighted by molar-refractivity contribution is -0.142. The average molecular weight is 1180 g/mol. The van der Waals surface area contributed by atoms with E-state index in [1.807, 2.05) is 30.3 Å². The van der Waals surface area contributed by atoms with E-state index in [2.05, 4.69) is 64.9 Å². The van der Waals surface area contributed by atoms with Crippen molar-refractivity contribution in [2.45, 2.75) is 123 Å². The quantitative estimate of drug-likeness (QED) is 0.0236. The second-order valence-corrected chi connectivity index (χ2v) is 20.0. The molecule has 0 aliphatic heterocycles. The van der Waals surface area contributed by atoms with Crippen LogP contribution in [0.3, 0.4) is 0 Å². The highest BCUT2D eigenvalue weighted by Gasteiger charge is 2.35. The number of carbonyl (C=O) groups is 8. The minimum absolute atomic E-state index is 0. The fourth-order valence-corrected chi connectivity index (χ4v) is 9.05. The van der Waals surface area contributed by atoms with Crippen LogP contribution in [0, 0.1) is 5.92 Å². The molecule has 0 radical (unpaired) electrons. The number of carboxylic acid groups (broad SMARTS) is 1. The number of nitrogens with two attached hydrogens (primary N) is 1. The van der Waals surface area contributed by atoms with E-state index < -0.39 is 89.5 Å². The van der Waals surface area contributed by atoms with E-state index in [0.29, 0.717) is 39.8 Å². The molecular weight excluding hydrogens is 1100 g/mol.